The highest BCUT2D eigenvalue weighted by atomic mass is 79.9. The van der Waals surface area contributed by atoms with Crippen LogP contribution < -0.4 is 5.32 Å². The molecule has 4 heteroatoms. The Morgan fingerprint density at radius 3 is 2.95 bits per heavy atom. The van der Waals surface area contributed by atoms with Crippen LogP contribution in [0, 0.1) is 0 Å². The normalized spacial score (nSPS) is 20.2. The van der Waals surface area contributed by atoms with Gasteiger partial charge in [-0.05, 0) is 25.5 Å². The van der Waals surface area contributed by atoms with E-state index < -0.39 is 0 Å². The Balaban J connectivity index is 1.85. The summed E-state index contributed by atoms with van der Waals surface area (Å²) in [4.78, 5) is 8.02. The second-order valence-corrected chi connectivity index (χ2v) is 5.87. The maximum absolute atomic E-state index is 4.56. The van der Waals surface area contributed by atoms with Crippen LogP contribution in [-0.4, -0.2) is 16.5 Å². The standard InChI is InChI=1S/C15H18BrN3/c16-12-7-4-3-6-11(12)14-10-18-15(19-14)13-8-2-1-5-9-17-13/h3-4,6-7,10,13,17H,1-2,5,8-9H2,(H,18,19). The van der Waals surface area contributed by atoms with Gasteiger partial charge in [0.25, 0.3) is 0 Å². The Labute approximate surface area is 122 Å². The molecule has 0 bridgehead atoms. The van der Waals surface area contributed by atoms with Crippen molar-refractivity contribution in [3.63, 3.8) is 0 Å². The number of hydrogen-bond acceptors (Lipinski definition) is 2. The second-order valence-electron chi connectivity index (χ2n) is 5.02. The zero-order chi connectivity index (χ0) is 13.1. The Morgan fingerprint density at radius 1 is 1.16 bits per heavy atom. The van der Waals surface area contributed by atoms with Gasteiger partial charge in [0.15, 0.2) is 0 Å². The summed E-state index contributed by atoms with van der Waals surface area (Å²) in [5.41, 5.74) is 2.24. The summed E-state index contributed by atoms with van der Waals surface area (Å²) in [5, 5.41) is 3.57. The maximum Gasteiger partial charge on any atom is 0.123 e. The molecule has 2 N–H and O–H groups in total. The number of aromatic amines is 1. The number of rotatable bonds is 2. The van der Waals surface area contributed by atoms with Gasteiger partial charge < -0.3 is 10.3 Å². The molecule has 1 aliphatic heterocycles. The van der Waals surface area contributed by atoms with E-state index in [0.29, 0.717) is 6.04 Å². The fourth-order valence-corrected chi connectivity index (χ4v) is 3.09. The second kappa shape index (κ2) is 5.88. The number of imidazole rings is 1. The van der Waals surface area contributed by atoms with Crippen LogP contribution >= 0.6 is 15.9 Å². The van der Waals surface area contributed by atoms with Gasteiger partial charge in [0.2, 0.25) is 0 Å². The first kappa shape index (κ1) is 12.9. The predicted molar refractivity (Wildman–Crippen MR) is 80.9 cm³/mol. The fourth-order valence-electron chi connectivity index (χ4n) is 2.59. The van der Waals surface area contributed by atoms with Gasteiger partial charge in [-0.3, -0.25) is 0 Å². The van der Waals surface area contributed by atoms with Crippen LogP contribution in [0.15, 0.2) is 34.9 Å². The van der Waals surface area contributed by atoms with E-state index in [-0.39, 0.29) is 0 Å². The van der Waals surface area contributed by atoms with E-state index in [4.69, 9.17) is 0 Å². The highest BCUT2D eigenvalue weighted by Crippen LogP contribution is 2.28. The minimum absolute atomic E-state index is 0.374. The third-order valence-corrected chi connectivity index (χ3v) is 4.34. The molecule has 3 rings (SSSR count). The molecule has 1 saturated heterocycles. The highest BCUT2D eigenvalue weighted by Gasteiger charge is 2.17. The van der Waals surface area contributed by atoms with E-state index in [1.807, 2.05) is 18.3 Å². The third kappa shape index (κ3) is 2.90. The Hall–Kier alpha value is -1.13. The highest BCUT2D eigenvalue weighted by molar-refractivity contribution is 9.10. The zero-order valence-electron chi connectivity index (χ0n) is 10.8. The van der Waals surface area contributed by atoms with Crippen molar-refractivity contribution in [2.24, 2.45) is 0 Å². The molecule has 0 radical (unpaired) electrons. The van der Waals surface area contributed by atoms with Gasteiger partial charge in [-0.1, -0.05) is 47.0 Å². The van der Waals surface area contributed by atoms with Crippen molar-refractivity contribution in [1.82, 2.24) is 15.3 Å². The number of nitrogens with zero attached hydrogens (tertiary/aromatic N) is 1. The molecule has 0 amide bonds. The average Bonchev–Trinajstić information content (AvgIpc) is 2.75. The topological polar surface area (TPSA) is 40.7 Å². The molecule has 3 nitrogen and oxygen atoms in total. The minimum atomic E-state index is 0.374. The largest absolute Gasteiger partial charge is 0.341 e. The van der Waals surface area contributed by atoms with Gasteiger partial charge in [-0.25, -0.2) is 4.98 Å². The molecule has 2 heterocycles. The number of benzene rings is 1. The van der Waals surface area contributed by atoms with Crippen LogP contribution in [0.5, 0.6) is 0 Å². The van der Waals surface area contributed by atoms with E-state index in [2.05, 4.69) is 43.3 Å². The van der Waals surface area contributed by atoms with Gasteiger partial charge in [0.05, 0.1) is 17.9 Å². The number of hydrogen-bond donors (Lipinski definition) is 2. The summed E-state index contributed by atoms with van der Waals surface area (Å²) >= 11 is 3.59. The lowest BCUT2D eigenvalue weighted by atomic mass is 10.1. The molecule has 2 aromatic rings. The predicted octanol–water partition coefficient (Wildman–Crippen LogP) is 4.04. The molecule has 1 atom stereocenters. The van der Waals surface area contributed by atoms with Crippen LogP contribution in [0.3, 0.4) is 0 Å². The van der Waals surface area contributed by atoms with Gasteiger partial charge in [0, 0.05) is 10.0 Å². The molecule has 1 aliphatic rings. The zero-order valence-corrected chi connectivity index (χ0v) is 12.4. The quantitative estimate of drug-likeness (QED) is 0.876. The lowest BCUT2D eigenvalue weighted by molar-refractivity contribution is 0.512. The van der Waals surface area contributed by atoms with Gasteiger partial charge >= 0.3 is 0 Å². The molecular formula is C15H18BrN3. The lowest BCUT2D eigenvalue weighted by Crippen LogP contribution is -2.21. The van der Waals surface area contributed by atoms with Crippen molar-refractivity contribution in [2.45, 2.75) is 31.7 Å². The number of H-pyrrole nitrogens is 1. The molecule has 100 valence electrons. The van der Waals surface area contributed by atoms with E-state index in [9.17, 15) is 0 Å². The Bertz CT molecular complexity index is 542. The first-order valence-corrected chi connectivity index (χ1v) is 7.67. The van der Waals surface area contributed by atoms with Crippen molar-refractivity contribution in [3.8, 4) is 11.3 Å². The summed E-state index contributed by atoms with van der Waals surface area (Å²) in [5.74, 6) is 1.06. The van der Waals surface area contributed by atoms with E-state index in [0.717, 1.165) is 28.1 Å². The molecule has 1 unspecified atom stereocenters. The van der Waals surface area contributed by atoms with E-state index in [1.165, 1.54) is 25.7 Å². The summed E-state index contributed by atoms with van der Waals surface area (Å²) in [6, 6.07) is 8.60. The number of aromatic nitrogens is 2. The molecule has 1 aromatic heterocycles. The smallest absolute Gasteiger partial charge is 0.123 e. The molecule has 19 heavy (non-hydrogen) atoms. The monoisotopic (exact) mass is 319 g/mol. The van der Waals surface area contributed by atoms with Crippen LogP contribution in [-0.2, 0) is 0 Å². The van der Waals surface area contributed by atoms with Gasteiger partial charge in [-0.2, -0.15) is 0 Å². The minimum Gasteiger partial charge on any atom is -0.341 e. The molecular weight excluding hydrogens is 302 g/mol. The maximum atomic E-state index is 4.56. The molecule has 0 spiro atoms. The Kier molecular flexibility index (Phi) is 3.99. The molecule has 0 saturated carbocycles. The summed E-state index contributed by atoms with van der Waals surface area (Å²) < 4.78 is 1.10. The van der Waals surface area contributed by atoms with Crippen molar-refractivity contribution in [2.75, 3.05) is 6.54 Å². The Morgan fingerprint density at radius 2 is 2.05 bits per heavy atom. The summed E-state index contributed by atoms with van der Waals surface area (Å²) in [6.45, 7) is 1.09. The molecule has 1 fully saturated rings. The number of halogens is 1. The SMILES string of the molecule is Brc1ccccc1-c1cnc(C2CCCCCN2)[nH]1. The third-order valence-electron chi connectivity index (χ3n) is 3.65. The van der Waals surface area contributed by atoms with Gasteiger partial charge in [-0.15, -0.1) is 0 Å². The van der Waals surface area contributed by atoms with Crippen molar-refractivity contribution < 1.29 is 0 Å². The van der Waals surface area contributed by atoms with Crippen LogP contribution in [0.4, 0.5) is 0 Å². The molecule has 1 aromatic carbocycles. The van der Waals surface area contributed by atoms with E-state index >= 15 is 0 Å². The van der Waals surface area contributed by atoms with Crippen molar-refractivity contribution in [3.05, 3.63) is 40.8 Å². The van der Waals surface area contributed by atoms with E-state index in [1.54, 1.807) is 0 Å². The van der Waals surface area contributed by atoms with Crippen LogP contribution in [0.1, 0.15) is 37.5 Å². The lowest BCUT2D eigenvalue weighted by Gasteiger charge is -2.12. The molecule has 0 aliphatic carbocycles. The first-order chi connectivity index (χ1) is 9.34. The summed E-state index contributed by atoms with van der Waals surface area (Å²) in [6.07, 6.45) is 6.98. The van der Waals surface area contributed by atoms with Crippen LogP contribution in [0.2, 0.25) is 0 Å². The number of nitrogens with one attached hydrogen (secondary N) is 2. The van der Waals surface area contributed by atoms with Crippen molar-refractivity contribution in [1.29, 1.82) is 0 Å². The van der Waals surface area contributed by atoms with Crippen LogP contribution in [0.25, 0.3) is 11.3 Å². The van der Waals surface area contributed by atoms with Crippen molar-refractivity contribution >= 4 is 15.9 Å². The first-order valence-electron chi connectivity index (χ1n) is 6.88. The average molecular weight is 320 g/mol. The van der Waals surface area contributed by atoms with Gasteiger partial charge in [0.1, 0.15) is 5.82 Å². The summed E-state index contributed by atoms with van der Waals surface area (Å²) in [7, 11) is 0. The fraction of sp³-hybridized carbons (Fsp3) is 0.400.